The van der Waals surface area contributed by atoms with Gasteiger partial charge < -0.3 is 9.84 Å². The first-order valence-electron chi connectivity index (χ1n) is 6.30. The third kappa shape index (κ3) is 1.92. The Labute approximate surface area is 116 Å². The van der Waals surface area contributed by atoms with Crippen LogP contribution in [0.2, 0.25) is 0 Å². The predicted octanol–water partition coefficient (Wildman–Crippen LogP) is 2.06. The van der Waals surface area contributed by atoms with Crippen LogP contribution in [-0.2, 0) is 7.05 Å². The van der Waals surface area contributed by atoms with E-state index in [4.69, 9.17) is 4.74 Å². The molecule has 0 aliphatic rings. The van der Waals surface area contributed by atoms with E-state index in [1.807, 2.05) is 36.4 Å². The Morgan fingerprint density at radius 3 is 2.70 bits per heavy atom. The highest BCUT2D eigenvalue weighted by Gasteiger charge is 2.21. The first-order chi connectivity index (χ1) is 9.72. The fourth-order valence-electron chi connectivity index (χ4n) is 2.43. The molecule has 0 aliphatic carbocycles. The Bertz CT molecular complexity index is 752. The minimum atomic E-state index is -0.837. The summed E-state index contributed by atoms with van der Waals surface area (Å²) in [6.45, 7) is 0. The molecule has 0 saturated heterocycles. The van der Waals surface area contributed by atoms with Crippen molar-refractivity contribution in [2.24, 2.45) is 7.05 Å². The van der Waals surface area contributed by atoms with Crippen LogP contribution < -0.4 is 4.74 Å². The normalized spacial score (nSPS) is 12.6. The Hall–Kier alpha value is -2.40. The van der Waals surface area contributed by atoms with Crippen molar-refractivity contribution in [2.75, 3.05) is 7.11 Å². The van der Waals surface area contributed by atoms with Crippen molar-refractivity contribution in [3.8, 4) is 5.75 Å². The minimum Gasteiger partial charge on any atom is -0.496 e. The maximum absolute atomic E-state index is 10.7. The molecule has 102 valence electrons. The summed E-state index contributed by atoms with van der Waals surface area (Å²) >= 11 is 0. The molecule has 3 aromatic rings. The molecule has 0 aliphatic heterocycles. The van der Waals surface area contributed by atoms with E-state index in [9.17, 15) is 5.11 Å². The SMILES string of the molecule is COc1ccc2ccccc2c1C(O)c1cnnn1C. The number of rotatable bonds is 3. The maximum atomic E-state index is 10.7. The van der Waals surface area contributed by atoms with Crippen LogP contribution in [0.25, 0.3) is 10.8 Å². The van der Waals surface area contributed by atoms with Gasteiger partial charge in [-0.2, -0.15) is 0 Å². The van der Waals surface area contributed by atoms with Crippen LogP contribution in [0.3, 0.4) is 0 Å². The average molecular weight is 269 g/mol. The van der Waals surface area contributed by atoms with E-state index >= 15 is 0 Å². The largest absolute Gasteiger partial charge is 0.496 e. The summed E-state index contributed by atoms with van der Waals surface area (Å²) in [7, 11) is 3.35. The molecule has 20 heavy (non-hydrogen) atoms. The fourth-order valence-corrected chi connectivity index (χ4v) is 2.43. The van der Waals surface area contributed by atoms with Gasteiger partial charge in [0.05, 0.1) is 19.0 Å². The van der Waals surface area contributed by atoms with Crippen molar-refractivity contribution in [1.82, 2.24) is 15.0 Å². The molecule has 0 fully saturated rings. The van der Waals surface area contributed by atoms with Gasteiger partial charge in [0.25, 0.3) is 0 Å². The fraction of sp³-hybridized carbons (Fsp3) is 0.200. The van der Waals surface area contributed by atoms with Gasteiger partial charge in [0.15, 0.2) is 0 Å². The molecule has 5 heteroatoms. The first kappa shape index (κ1) is 12.6. The van der Waals surface area contributed by atoms with Crippen LogP contribution in [0.4, 0.5) is 0 Å². The van der Waals surface area contributed by atoms with E-state index in [1.54, 1.807) is 25.0 Å². The molecule has 0 radical (unpaired) electrons. The number of aromatic nitrogens is 3. The van der Waals surface area contributed by atoms with Crippen molar-refractivity contribution in [2.45, 2.75) is 6.10 Å². The summed E-state index contributed by atoms with van der Waals surface area (Å²) < 4.78 is 6.96. The van der Waals surface area contributed by atoms with Crippen LogP contribution in [0, 0.1) is 0 Å². The molecule has 0 spiro atoms. The number of aliphatic hydroxyl groups is 1. The molecule has 1 heterocycles. The molecule has 0 saturated carbocycles. The van der Waals surface area contributed by atoms with Gasteiger partial charge in [0.2, 0.25) is 0 Å². The second kappa shape index (κ2) is 4.94. The standard InChI is InChI=1S/C15H15N3O2/c1-18-12(9-16-17-18)15(19)14-11-6-4-3-5-10(11)7-8-13(14)20-2/h3-9,15,19H,1-2H3. The van der Waals surface area contributed by atoms with Crippen molar-refractivity contribution >= 4 is 10.8 Å². The number of ether oxygens (including phenoxy) is 1. The number of hydrogen-bond acceptors (Lipinski definition) is 4. The minimum absolute atomic E-state index is 0.625. The summed E-state index contributed by atoms with van der Waals surface area (Å²) in [5.41, 5.74) is 1.36. The van der Waals surface area contributed by atoms with E-state index in [2.05, 4.69) is 10.3 Å². The molecule has 0 amide bonds. The molecule has 1 atom stereocenters. The van der Waals surface area contributed by atoms with Gasteiger partial charge in [0, 0.05) is 12.6 Å². The Morgan fingerprint density at radius 1 is 1.20 bits per heavy atom. The van der Waals surface area contributed by atoms with Gasteiger partial charge in [0.1, 0.15) is 11.9 Å². The highest BCUT2D eigenvalue weighted by Crippen LogP contribution is 2.35. The van der Waals surface area contributed by atoms with Crippen LogP contribution in [0.1, 0.15) is 17.4 Å². The summed E-state index contributed by atoms with van der Waals surface area (Å²) in [6, 6.07) is 11.7. The second-order valence-corrected chi connectivity index (χ2v) is 4.59. The zero-order valence-corrected chi connectivity index (χ0v) is 11.3. The number of aryl methyl sites for hydroxylation is 1. The highest BCUT2D eigenvalue weighted by molar-refractivity contribution is 5.88. The number of aliphatic hydroxyl groups excluding tert-OH is 1. The van der Waals surface area contributed by atoms with Crippen LogP contribution >= 0.6 is 0 Å². The van der Waals surface area contributed by atoms with E-state index in [0.29, 0.717) is 11.4 Å². The molecule has 1 unspecified atom stereocenters. The summed E-state index contributed by atoms with van der Waals surface area (Å²) in [4.78, 5) is 0. The van der Waals surface area contributed by atoms with E-state index in [1.165, 1.54) is 0 Å². The second-order valence-electron chi connectivity index (χ2n) is 4.59. The first-order valence-corrected chi connectivity index (χ1v) is 6.30. The average Bonchev–Trinajstić information content (AvgIpc) is 2.91. The Morgan fingerprint density at radius 2 is 2.00 bits per heavy atom. The van der Waals surface area contributed by atoms with Crippen LogP contribution in [-0.4, -0.2) is 27.2 Å². The number of benzene rings is 2. The smallest absolute Gasteiger partial charge is 0.126 e. The van der Waals surface area contributed by atoms with Crippen molar-refractivity contribution in [3.05, 3.63) is 53.9 Å². The molecular formula is C15H15N3O2. The topological polar surface area (TPSA) is 60.2 Å². The lowest BCUT2D eigenvalue weighted by atomic mass is 9.97. The lowest BCUT2D eigenvalue weighted by Gasteiger charge is -2.17. The lowest BCUT2D eigenvalue weighted by Crippen LogP contribution is -2.08. The van der Waals surface area contributed by atoms with Gasteiger partial charge in [-0.3, -0.25) is 0 Å². The lowest BCUT2D eigenvalue weighted by molar-refractivity contribution is 0.206. The third-order valence-electron chi connectivity index (χ3n) is 3.45. The highest BCUT2D eigenvalue weighted by atomic mass is 16.5. The predicted molar refractivity (Wildman–Crippen MR) is 75.6 cm³/mol. The van der Waals surface area contributed by atoms with Gasteiger partial charge >= 0.3 is 0 Å². The van der Waals surface area contributed by atoms with E-state index in [-0.39, 0.29) is 0 Å². The third-order valence-corrected chi connectivity index (χ3v) is 3.45. The van der Waals surface area contributed by atoms with Gasteiger partial charge in [-0.25, -0.2) is 4.68 Å². The molecule has 5 nitrogen and oxygen atoms in total. The molecular weight excluding hydrogens is 254 g/mol. The monoisotopic (exact) mass is 269 g/mol. The molecule has 1 aromatic heterocycles. The summed E-state index contributed by atoms with van der Waals surface area (Å²) in [5.74, 6) is 0.650. The molecule has 3 rings (SSSR count). The quantitative estimate of drug-likeness (QED) is 0.790. The number of fused-ring (bicyclic) bond motifs is 1. The van der Waals surface area contributed by atoms with Gasteiger partial charge in [-0.05, 0) is 16.8 Å². The van der Waals surface area contributed by atoms with Gasteiger partial charge in [-0.15, -0.1) is 5.10 Å². The van der Waals surface area contributed by atoms with E-state index < -0.39 is 6.10 Å². The van der Waals surface area contributed by atoms with Crippen molar-refractivity contribution in [1.29, 1.82) is 0 Å². The zero-order valence-electron chi connectivity index (χ0n) is 11.3. The number of hydrogen-bond donors (Lipinski definition) is 1. The summed E-state index contributed by atoms with van der Waals surface area (Å²) in [6.07, 6.45) is 0.724. The van der Waals surface area contributed by atoms with Crippen molar-refractivity contribution in [3.63, 3.8) is 0 Å². The van der Waals surface area contributed by atoms with E-state index in [0.717, 1.165) is 16.3 Å². The molecule has 0 bridgehead atoms. The zero-order chi connectivity index (χ0) is 14.1. The summed E-state index contributed by atoms with van der Waals surface area (Å²) in [5, 5.41) is 20.4. The number of methoxy groups -OCH3 is 1. The van der Waals surface area contributed by atoms with Gasteiger partial charge in [-0.1, -0.05) is 35.5 Å². The van der Waals surface area contributed by atoms with Crippen molar-refractivity contribution < 1.29 is 9.84 Å². The van der Waals surface area contributed by atoms with Crippen LogP contribution in [0.15, 0.2) is 42.6 Å². The maximum Gasteiger partial charge on any atom is 0.126 e. The Balaban J connectivity index is 2.26. The number of nitrogens with zero attached hydrogens (tertiary/aromatic N) is 3. The molecule has 1 N–H and O–H groups in total. The van der Waals surface area contributed by atoms with Crippen LogP contribution in [0.5, 0.6) is 5.75 Å². The Kier molecular flexibility index (Phi) is 3.12. The molecule has 2 aromatic carbocycles.